The molecule has 118 valence electrons. The van der Waals surface area contributed by atoms with Crippen molar-refractivity contribution in [3.05, 3.63) is 28.6 Å². The summed E-state index contributed by atoms with van der Waals surface area (Å²) >= 11 is 6.31. The van der Waals surface area contributed by atoms with Crippen LogP contribution in [0.2, 0.25) is 0 Å². The average Bonchev–Trinajstić information content (AvgIpc) is 2.97. The highest BCUT2D eigenvalue weighted by Crippen LogP contribution is 2.35. The maximum absolute atomic E-state index is 12.5. The van der Waals surface area contributed by atoms with Crippen LogP contribution in [0.25, 0.3) is 6.08 Å². The topological polar surface area (TPSA) is 70.8 Å². The SMILES string of the molecule is CCCC[C@@H](C(=O)O)N1C(=O)/C(=C\c2ccc(C)o2)SC1=S. The summed E-state index contributed by atoms with van der Waals surface area (Å²) < 4.78 is 5.70. The normalized spacial score (nSPS) is 18.3. The van der Waals surface area contributed by atoms with E-state index in [1.54, 1.807) is 18.2 Å². The van der Waals surface area contributed by atoms with Crippen LogP contribution < -0.4 is 0 Å². The molecule has 1 aromatic heterocycles. The van der Waals surface area contributed by atoms with Crippen LogP contribution in [0, 0.1) is 6.92 Å². The molecule has 22 heavy (non-hydrogen) atoms. The molecule has 0 spiro atoms. The summed E-state index contributed by atoms with van der Waals surface area (Å²) in [6.45, 7) is 3.79. The summed E-state index contributed by atoms with van der Waals surface area (Å²) in [5, 5.41) is 9.37. The molecule has 5 nitrogen and oxygen atoms in total. The fourth-order valence-corrected chi connectivity index (χ4v) is 3.51. The fourth-order valence-electron chi connectivity index (χ4n) is 2.17. The molecule has 1 aliphatic rings. The fraction of sp³-hybridized carbons (Fsp3) is 0.400. The van der Waals surface area contributed by atoms with E-state index in [9.17, 15) is 14.7 Å². The third-order valence-electron chi connectivity index (χ3n) is 3.29. The van der Waals surface area contributed by atoms with Crippen LogP contribution >= 0.6 is 24.0 Å². The van der Waals surface area contributed by atoms with Gasteiger partial charge in [-0.15, -0.1) is 0 Å². The van der Waals surface area contributed by atoms with Crippen LogP contribution in [-0.4, -0.2) is 32.2 Å². The minimum atomic E-state index is -1.03. The standard InChI is InChI=1S/C15H17NO4S2/c1-3-4-5-11(14(18)19)16-13(17)12(22-15(16)21)8-10-7-6-9(2)20-10/h6-8,11H,3-5H2,1-2H3,(H,18,19)/b12-8+/t11-/m0/s1. The van der Waals surface area contributed by atoms with Gasteiger partial charge >= 0.3 is 5.97 Å². The molecule has 2 heterocycles. The van der Waals surface area contributed by atoms with E-state index in [2.05, 4.69) is 0 Å². The monoisotopic (exact) mass is 339 g/mol. The number of unbranched alkanes of at least 4 members (excludes halogenated alkanes) is 1. The van der Waals surface area contributed by atoms with Crippen LogP contribution in [0.15, 0.2) is 21.5 Å². The minimum absolute atomic E-state index is 0.281. The van der Waals surface area contributed by atoms with Crippen LogP contribution in [-0.2, 0) is 9.59 Å². The van der Waals surface area contributed by atoms with Crippen LogP contribution in [0.3, 0.4) is 0 Å². The first-order chi connectivity index (χ1) is 10.4. The molecular weight excluding hydrogens is 322 g/mol. The van der Waals surface area contributed by atoms with Gasteiger partial charge in [-0.05, 0) is 25.5 Å². The summed E-state index contributed by atoms with van der Waals surface area (Å²) in [5.74, 6) is -0.0982. The molecule has 1 N–H and O–H groups in total. The Morgan fingerprint density at radius 3 is 2.82 bits per heavy atom. The van der Waals surface area contributed by atoms with Crippen LogP contribution in [0.1, 0.15) is 37.7 Å². The molecule has 7 heteroatoms. The molecule has 0 unspecified atom stereocenters. The van der Waals surface area contributed by atoms with E-state index in [4.69, 9.17) is 16.6 Å². The van der Waals surface area contributed by atoms with Gasteiger partial charge in [-0.2, -0.15) is 0 Å². The van der Waals surface area contributed by atoms with Crippen molar-refractivity contribution in [2.45, 2.75) is 39.2 Å². The Hall–Kier alpha value is -1.60. The van der Waals surface area contributed by atoms with Gasteiger partial charge in [0.15, 0.2) is 0 Å². The molecule has 0 bridgehead atoms. The van der Waals surface area contributed by atoms with Gasteiger partial charge in [0.2, 0.25) is 0 Å². The van der Waals surface area contributed by atoms with Crippen molar-refractivity contribution in [3.63, 3.8) is 0 Å². The van der Waals surface area contributed by atoms with Crippen molar-refractivity contribution in [1.82, 2.24) is 4.90 Å². The summed E-state index contributed by atoms with van der Waals surface area (Å²) in [6, 6.07) is 2.65. The smallest absolute Gasteiger partial charge is 0.326 e. The van der Waals surface area contributed by atoms with E-state index in [-0.39, 0.29) is 10.2 Å². The third kappa shape index (κ3) is 3.59. The average molecular weight is 339 g/mol. The molecule has 2 rings (SSSR count). The maximum Gasteiger partial charge on any atom is 0.326 e. The Kier molecular flexibility index (Phi) is 5.42. The second kappa shape index (κ2) is 7.11. The first-order valence-corrected chi connectivity index (χ1v) is 8.22. The predicted octanol–water partition coefficient (Wildman–Crippen LogP) is 3.43. The first-order valence-electron chi connectivity index (χ1n) is 7.00. The Morgan fingerprint density at radius 2 is 2.27 bits per heavy atom. The molecule has 1 aromatic rings. The van der Waals surface area contributed by atoms with Gasteiger partial charge in [0.05, 0.1) is 4.91 Å². The molecular formula is C15H17NO4S2. The number of aliphatic carboxylic acids is 1. The number of thioether (sulfide) groups is 1. The molecule has 0 radical (unpaired) electrons. The highest BCUT2D eigenvalue weighted by atomic mass is 32.2. The Balaban J connectivity index is 2.23. The molecule has 1 atom stereocenters. The van der Waals surface area contributed by atoms with E-state index >= 15 is 0 Å². The van der Waals surface area contributed by atoms with Crippen molar-refractivity contribution in [3.8, 4) is 0 Å². The number of thiocarbonyl (C=S) groups is 1. The molecule has 0 aromatic carbocycles. The highest BCUT2D eigenvalue weighted by molar-refractivity contribution is 8.26. The van der Waals surface area contributed by atoms with Crippen LogP contribution in [0.5, 0.6) is 0 Å². The number of hydrogen-bond acceptors (Lipinski definition) is 5. The zero-order valence-electron chi connectivity index (χ0n) is 12.4. The van der Waals surface area contributed by atoms with Gasteiger partial charge in [0.25, 0.3) is 5.91 Å². The second-order valence-electron chi connectivity index (χ2n) is 5.00. The maximum atomic E-state index is 12.5. The number of nitrogens with zero attached hydrogens (tertiary/aromatic N) is 1. The number of amides is 1. The number of carbonyl (C=O) groups is 2. The number of furan rings is 1. The van der Waals surface area contributed by atoms with Gasteiger partial charge < -0.3 is 9.52 Å². The van der Waals surface area contributed by atoms with Crippen LogP contribution in [0.4, 0.5) is 0 Å². The van der Waals surface area contributed by atoms with Crippen molar-refractivity contribution in [2.24, 2.45) is 0 Å². The molecule has 0 aliphatic carbocycles. The quantitative estimate of drug-likeness (QED) is 0.632. The highest BCUT2D eigenvalue weighted by Gasteiger charge is 2.40. The molecule has 1 aliphatic heterocycles. The zero-order chi connectivity index (χ0) is 16.3. The number of carboxylic acid groups (broad SMARTS) is 1. The zero-order valence-corrected chi connectivity index (χ0v) is 14.0. The van der Waals surface area contributed by atoms with Crippen molar-refractivity contribution in [2.75, 3.05) is 0 Å². The van der Waals surface area contributed by atoms with E-state index in [0.29, 0.717) is 17.1 Å². The Morgan fingerprint density at radius 1 is 1.55 bits per heavy atom. The molecule has 1 fully saturated rings. The van der Waals surface area contributed by atoms with E-state index < -0.39 is 12.0 Å². The van der Waals surface area contributed by atoms with Gasteiger partial charge in [0, 0.05) is 6.08 Å². The Labute approximate surface area is 138 Å². The third-order valence-corrected chi connectivity index (χ3v) is 4.62. The lowest BCUT2D eigenvalue weighted by Gasteiger charge is -2.22. The summed E-state index contributed by atoms with van der Waals surface area (Å²) in [5.41, 5.74) is 0. The van der Waals surface area contributed by atoms with Gasteiger partial charge in [-0.25, -0.2) is 4.79 Å². The second-order valence-corrected chi connectivity index (χ2v) is 6.67. The number of rotatable bonds is 6. The minimum Gasteiger partial charge on any atom is -0.480 e. The summed E-state index contributed by atoms with van der Waals surface area (Å²) in [7, 11) is 0. The number of carbonyl (C=O) groups excluding carboxylic acids is 1. The van der Waals surface area contributed by atoms with Crippen molar-refractivity contribution < 1.29 is 19.1 Å². The summed E-state index contributed by atoms with van der Waals surface area (Å²) in [4.78, 5) is 25.5. The van der Waals surface area contributed by atoms with Crippen molar-refractivity contribution >= 4 is 46.3 Å². The predicted molar refractivity (Wildman–Crippen MR) is 89.4 cm³/mol. The molecule has 0 saturated carbocycles. The molecule has 1 amide bonds. The lowest BCUT2D eigenvalue weighted by Crippen LogP contribution is -2.43. The summed E-state index contributed by atoms with van der Waals surface area (Å²) in [6.07, 6.45) is 3.58. The number of aryl methyl sites for hydroxylation is 1. The van der Waals surface area contributed by atoms with Crippen molar-refractivity contribution in [1.29, 1.82) is 0 Å². The van der Waals surface area contributed by atoms with E-state index in [0.717, 1.165) is 30.4 Å². The van der Waals surface area contributed by atoms with Gasteiger partial charge in [-0.3, -0.25) is 9.69 Å². The lowest BCUT2D eigenvalue weighted by molar-refractivity contribution is -0.145. The molecule has 1 saturated heterocycles. The number of hydrogen-bond donors (Lipinski definition) is 1. The van der Waals surface area contributed by atoms with E-state index in [1.165, 1.54) is 4.90 Å². The lowest BCUT2D eigenvalue weighted by atomic mass is 10.1. The largest absolute Gasteiger partial charge is 0.480 e. The van der Waals surface area contributed by atoms with Gasteiger partial charge in [-0.1, -0.05) is 43.7 Å². The first kappa shape index (κ1) is 16.8. The Bertz CT molecular complexity index is 635. The van der Waals surface area contributed by atoms with Gasteiger partial charge in [0.1, 0.15) is 21.9 Å². The number of carboxylic acids is 1. The van der Waals surface area contributed by atoms with E-state index in [1.807, 2.05) is 13.8 Å².